The van der Waals surface area contributed by atoms with Gasteiger partial charge in [-0.25, -0.2) is 4.79 Å². The van der Waals surface area contributed by atoms with Gasteiger partial charge in [-0.1, -0.05) is 12.1 Å². The number of methoxy groups -OCH3 is 2. The summed E-state index contributed by atoms with van der Waals surface area (Å²) in [5.74, 6) is 2.41. The molecule has 0 amide bonds. The fraction of sp³-hybridized carbons (Fsp3) is 0.400. The molecule has 2 unspecified atom stereocenters. The molecule has 8 heteroatoms. The van der Waals surface area contributed by atoms with Gasteiger partial charge in [0.2, 0.25) is 0 Å². The number of anilines is 2. The molecule has 0 fully saturated rings. The Labute approximate surface area is 252 Å². The molecule has 43 heavy (non-hydrogen) atoms. The highest BCUT2D eigenvalue weighted by atomic mass is 16.5. The largest absolute Gasteiger partial charge is 0.493 e. The lowest BCUT2D eigenvalue weighted by Crippen LogP contribution is -2.36. The predicted molar refractivity (Wildman–Crippen MR) is 170 cm³/mol. The van der Waals surface area contributed by atoms with Crippen LogP contribution in [0.3, 0.4) is 0 Å². The van der Waals surface area contributed by atoms with Crippen LogP contribution in [-0.4, -0.2) is 47.1 Å². The third-order valence-corrected chi connectivity index (χ3v) is 8.32. The van der Waals surface area contributed by atoms with Crippen LogP contribution in [0.25, 0.3) is 11.0 Å². The summed E-state index contributed by atoms with van der Waals surface area (Å²) in [4.78, 5) is 18.2. The van der Waals surface area contributed by atoms with Gasteiger partial charge in [0.05, 0.1) is 32.5 Å². The van der Waals surface area contributed by atoms with Crippen LogP contribution in [0.15, 0.2) is 57.7 Å². The second kappa shape index (κ2) is 11.1. The van der Waals surface area contributed by atoms with Crippen LogP contribution in [-0.2, 0) is 6.42 Å². The molecule has 3 aromatic carbocycles. The van der Waals surface area contributed by atoms with Gasteiger partial charge in [0.15, 0.2) is 23.0 Å². The smallest absolute Gasteiger partial charge is 0.360 e. The van der Waals surface area contributed by atoms with Crippen molar-refractivity contribution in [3.05, 3.63) is 81.2 Å². The Morgan fingerprint density at radius 3 is 2.09 bits per heavy atom. The first-order chi connectivity index (χ1) is 20.6. The SMILES string of the molecule is COc1cc2c(cc1OC(C)C)CCN1c3c(c4cc(OC)c(OC(C)C)cc4oc3=O)C(c3ccc(N(C)C)cc3)C21. The molecule has 226 valence electrons. The number of benzene rings is 3. The van der Waals surface area contributed by atoms with Crippen molar-refractivity contribution >= 4 is 22.3 Å². The van der Waals surface area contributed by atoms with Crippen LogP contribution in [0.1, 0.15) is 61.9 Å². The summed E-state index contributed by atoms with van der Waals surface area (Å²) in [5.41, 5.74) is 6.21. The minimum atomic E-state index is -0.351. The van der Waals surface area contributed by atoms with Crippen molar-refractivity contribution in [3.8, 4) is 23.0 Å². The van der Waals surface area contributed by atoms with Crippen molar-refractivity contribution in [2.45, 2.75) is 58.3 Å². The number of hydrogen-bond donors (Lipinski definition) is 0. The minimum absolute atomic E-state index is 0.0151. The van der Waals surface area contributed by atoms with Crippen LogP contribution in [0.2, 0.25) is 0 Å². The Morgan fingerprint density at radius 1 is 0.860 bits per heavy atom. The molecule has 0 saturated heterocycles. The lowest BCUT2D eigenvalue weighted by atomic mass is 9.80. The van der Waals surface area contributed by atoms with Gasteiger partial charge < -0.3 is 33.2 Å². The summed E-state index contributed by atoms with van der Waals surface area (Å²) in [5, 5.41) is 0.840. The average molecular weight is 585 g/mol. The van der Waals surface area contributed by atoms with Gasteiger partial charge in [0.1, 0.15) is 11.3 Å². The normalized spacial score (nSPS) is 17.1. The van der Waals surface area contributed by atoms with E-state index in [1.807, 2.05) is 47.9 Å². The third kappa shape index (κ3) is 4.92. The Morgan fingerprint density at radius 2 is 1.49 bits per heavy atom. The van der Waals surface area contributed by atoms with E-state index >= 15 is 0 Å². The summed E-state index contributed by atoms with van der Waals surface area (Å²) in [6, 6.07) is 16.4. The van der Waals surface area contributed by atoms with E-state index in [-0.39, 0.29) is 29.8 Å². The second-order valence-corrected chi connectivity index (χ2v) is 12.0. The highest BCUT2D eigenvalue weighted by Gasteiger charge is 2.47. The van der Waals surface area contributed by atoms with Gasteiger partial charge in [0.25, 0.3) is 0 Å². The summed E-state index contributed by atoms with van der Waals surface area (Å²) >= 11 is 0. The first kappa shape index (κ1) is 28.8. The third-order valence-electron chi connectivity index (χ3n) is 8.32. The number of fused-ring (bicyclic) bond motifs is 7. The van der Waals surface area contributed by atoms with Gasteiger partial charge in [-0.15, -0.1) is 0 Å². The molecule has 2 aliphatic rings. The Hall–Kier alpha value is -4.33. The number of hydrogen-bond acceptors (Lipinski definition) is 8. The highest BCUT2D eigenvalue weighted by Crippen LogP contribution is 2.56. The summed E-state index contributed by atoms with van der Waals surface area (Å²) < 4.78 is 29.8. The summed E-state index contributed by atoms with van der Waals surface area (Å²) in [7, 11) is 7.36. The van der Waals surface area contributed by atoms with Crippen LogP contribution in [0.4, 0.5) is 11.4 Å². The van der Waals surface area contributed by atoms with Crippen molar-refractivity contribution in [1.82, 2.24) is 0 Å². The van der Waals surface area contributed by atoms with Gasteiger partial charge >= 0.3 is 5.63 Å². The lowest BCUT2D eigenvalue weighted by molar-refractivity contribution is 0.229. The van der Waals surface area contributed by atoms with Crippen molar-refractivity contribution in [2.24, 2.45) is 0 Å². The molecular formula is C35H40N2O6. The van der Waals surface area contributed by atoms with Gasteiger partial charge in [0, 0.05) is 49.3 Å². The van der Waals surface area contributed by atoms with Crippen molar-refractivity contribution in [3.63, 3.8) is 0 Å². The molecule has 0 spiro atoms. The summed E-state index contributed by atoms with van der Waals surface area (Å²) in [6.45, 7) is 8.61. The van der Waals surface area contributed by atoms with Crippen molar-refractivity contribution in [2.75, 3.05) is 44.7 Å². The maximum atomic E-state index is 13.9. The summed E-state index contributed by atoms with van der Waals surface area (Å²) in [6.07, 6.45) is 0.708. The molecule has 1 aromatic heterocycles. The number of rotatable bonds is 8. The van der Waals surface area contributed by atoms with Crippen molar-refractivity contribution in [1.29, 1.82) is 0 Å². The number of ether oxygens (including phenoxy) is 4. The zero-order chi connectivity index (χ0) is 30.6. The van der Waals surface area contributed by atoms with Crippen LogP contribution in [0.5, 0.6) is 23.0 Å². The molecule has 0 saturated carbocycles. The van der Waals surface area contributed by atoms with Gasteiger partial charge in [-0.2, -0.15) is 0 Å². The van der Waals surface area contributed by atoms with Gasteiger partial charge in [-0.3, -0.25) is 0 Å². The van der Waals surface area contributed by atoms with Crippen LogP contribution < -0.4 is 34.4 Å². The van der Waals surface area contributed by atoms with E-state index in [0.717, 1.165) is 39.9 Å². The molecule has 3 heterocycles. The average Bonchev–Trinajstić information content (AvgIpc) is 3.32. The van der Waals surface area contributed by atoms with E-state index in [9.17, 15) is 4.79 Å². The predicted octanol–water partition coefficient (Wildman–Crippen LogP) is 6.70. The molecule has 2 aliphatic heterocycles. The van der Waals surface area contributed by atoms with Crippen LogP contribution in [0, 0.1) is 0 Å². The molecule has 4 aromatic rings. The fourth-order valence-corrected chi connectivity index (χ4v) is 6.57. The molecule has 8 nitrogen and oxygen atoms in total. The van der Waals surface area contributed by atoms with E-state index in [1.165, 1.54) is 5.56 Å². The Bertz CT molecular complexity index is 1720. The standard InChI is InChI=1S/C35H40N2O6/c1-19(2)41-29-15-22-13-14-37-33(24(22)16-27(29)39-7)31(21-9-11-23(12-10-21)36(5)6)32-25-17-28(40-8)30(42-20(3)4)18-26(25)43-35(38)34(32)37/h9-12,15-20,31,33H,13-14H2,1-8H3. The van der Waals surface area contributed by atoms with Gasteiger partial charge in [-0.05, 0) is 81.1 Å². The molecular weight excluding hydrogens is 544 g/mol. The van der Waals surface area contributed by atoms with E-state index in [0.29, 0.717) is 35.1 Å². The second-order valence-electron chi connectivity index (χ2n) is 12.0. The topological polar surface area (TPSA) is 73.6 Å². The lowest BCUT2D eigenvalue weighted by Gasteiger charge is -2.37. The minimum Gasteiger partial charge on any atom is -0.493 e. The molecule has 0 radical (unpaired) electrons. The van der Waals surface area contributed by atoms with Crippen LogP contribution >= 0.6 is 0 Å². The Kier molecular flexibility index (Phi) is 7.40. The van der Waals surface area contributed by atoms with E-state index in [1.54, 1.807) is 20.3 Å². The van der Waals surface area contributed by atoms with E-state index in [2.05, 4.69) is 46.2 Å². The van der Waals surface area contributed by atoms with Crippen molar-refractivity contribution < 1.29 is 23.4 Å². The first-order valence-corrected chi connectivity index (χ1v) is 14.9. The molecule has 6 rings (SSSR count). The first-order valence-electron chi connectivity index (χ1n) is 14.9. The van der Waals surface area contributed by atoms with E-state index in [4.69, 9.17) is 23.4 Å². The zero-order valence-electron chi connectivity index (χ0n) is 26.2. The molecule has 0 bridgehead atoms. The maximum absolute atomic E-state index is 13.9. The van der Waals surface area contributed by atoms with E-state index < -0.39 is 0 Å². The fourth-order valence-electron chi connectivity index (χ4n) is 6.57. The molecule has 0 aliphatic carbocycles. The molecule has 0 N–H and O–H groups in total. The maximum Gasteiger partial charge on any atom is 0.360 e. The quantitative estimate of drug-likeness (QED) is 0.212. The Balaban J connectivity index is 1.62. The molecule has 2 atom stereocenters. The highest BCUT2D eigenvalue weighted by molar-refractivity contribution is 5.91. The zero-order valence-corrected chi connectivity index (χ0v) is 26.2. The monoisotopic (exact) mass is 584 g/mol. The number of nitrogens with zero attached hydrogens (tertiary/aromatic N) is 2.